The van der Waals surface area contributed by atoms with E-state index in [2.05, 4.69) is 12.2 Å². The molecule has 5 rings (SSSR count). The van der Waals surface area contributed by atoms with Crippen molar-refractivity contribution in [3.8, 4) is 0 Å². The van der Waals surface area contributed by atoms with Gasteiger partial charge in [-0.25, -0.2) is 0 Å². The number of carbonyl (C=O) groups excluding carboxylic acids is 2. The number of allylic oxidation sites excluding steroid dienone is 2. The molecule has 4 bridgehead atoms. The average Bonchev–Trinajstić information content (AvgIpc) is 3.03. The minimum atomic E-state index is 0.140. The molecule has 0 saturated heterocycles. The summed E-state index contributed by atoms with van der Waals surface area (Å²) in [6, 6.07) is 0. The first kappa shape index (κ1) is 9.07. The van der Waals surface area contributed by atoms with Crippen molar-refractivity contribution in [2.24, 2.45) is 47.3 Å². The Balaban J connectivity index is 1.64. The van der Waals surface area contributed by atoms with Crippen LogP contribution in [0.2, 0.25) is 0 Å². The van der Waals surface area contributed by atoms with E-state index in [0.717, 1.165) is 23.7 Å². The van der Waals surface area contributed by atoms with E-state index in [1.807, 2.05) is 0 Å². The van der Waals surface area contributed by atoms with Gasteiger partial charge in [0.25, 0.3) is 0 Å². The summed E-state index contributed by atoms with van der Waals surface area (Å²) in [5, 5.41) is 0. The van der Waals surface area contributed by atoms with E-state index >= 15 is 0 Å². The van der Waals surface area contributed by atoms with Gasteiger partial charge in [0.15, 0.2) is 0 Å². The van der Waals surface area contributed by atoms with Crippen molar-refractivity contribution in [2.75, 3.05) is 0 Å². The van der Waals surface area contributed by atoms with E-state index in [4.69, 9.17) is 0 Å². The quantitative estimate of drug-likeness (QED) is 0.360. The van der Waals surface area contributed by atoms with Crippen LogP contribution in [0.5, 0.6) is 0 Å². The van der Waals surface area contributed by atoms with Gasteiger partial charge < -0.3 is 0 Å². The molecule has 2 heteroatoms. The third kappa shape index (κ3) is 0.820. The van der Waals surface area contributed by atoms with Gasteiger partial charge in [-0.05, 0) is 48.3 Å². The number of ketones is 2. The molecule has 0 aromatic heterocycles. The minimum Gasteiger partial charge on any atom is -0.299 e. The number of Topliss-reactive ketones (excluding diaryl/α,β-unsaturated/α-hetero) is 2. The summed E-state index contributed by atoms with van der Waals surface area (Å²) in [6.45, 7) is 0. The Hall–Kier alpha value is -0.920. The molecule has 0 aliphatic heterocycles. The predicted octanol–water partition coefficient (Wildman–Crippen LogP) is 1.85. The zero-order valence-electron chi connectivity index (χ0n) is 9.71. The lowest BCUT2D eigenvalue weighted by atomic mass is 9.65. The summed E-state index contributed by atoms with van der Waals surface area (Å²) in [6.07, 6.45) is 7.52. The van der Waals surface area contributed by atoms with Gasteiger partial charge in [-0.1, -0.05) is 12.2 Å². The Morgan fingerprint density at radius 1 is 0.824 bits per heavy atom. The molecule has 0 N–H and O–H groups in total. The molecule has 8 atom stereocenters. The minimum absolute atomic E-state index is 0.140. The summed E-state index contributed by atoms with van der Waals surface area (Å²) in [5.41, 5.74) is 0. The molecule has 0 aromatic rings. The van der Waals surface area contributed by atoms with E-state index < -0.39 is 0 Å². The summed E-state index contributed by atoms with van der Waals surface area (Å²) in [4.78, 5) is 24.0. The molecule has 17 heavy (non-hydrogen) atoms. The number of rotatable bonds is 0. The standard InChI is InChI=1S/C15H16O2/c16-10-5-11(17)15-9-4-8(14(10)15)12-6-1-2-7(3-6)13(9)12/h1-2,6-9,12-15H,3-5H2. The van der Waals surface area contributed by atoms with E-state index in [1.165, 1.54) is 12.8 Å². The highest BCUT2D eigenvalue weighted by molar-refractivity contribution is 6.09. The second-order valence-corrected chi connectivity index (χ2v) is 6.83. The third-order valence-electron chi connectivity index (χ3n) is 6.52. The van der Waals surface area contributed by atoms with Crippen molar-refractivity contribution >= 4 is 11.6 Å². The molecule has 0 aromatic carbocycles. The van der Waals surface area contributed by atoms with Crippen LogP contribution in [0.25, 0.3) is 0 Å². The van der Waals surface area contributed by atoms with Crippen molar-refractivity contribution in [2.45, 2.75) is 19.3 Å². The zero-order valence-corrected chi connectivity index (χ0v) is 9.71. The Bertz CT molecular complexity index is 437. The molecule has 4 fully saturated rings. The van der Waals surface area contributed by atoms with Gasteiger partial charge in [0, 0.05) is 11.8 Å². The molecule has 0 radical (unpaired) electrons. The van der Waals surface area contributed by atoms with Crippen LogP contribution in [0.1, 0.15) is 19.3 Å². The summed E-state index contributed by atoms with van der Waals surface area (Å²) >= 11 is 0. The van der Waals surface area contributed by atoms with Crippen molar-refractivity contribution in [3.05, 3.63) is 12.2 Å². The number of hydrogen-bond donors (Lipinski definition) is 0. The molecule has 0 amide bonds. The highest BCUT2D eigenvalue weighted by Crippen LogP contribution is 2.70. The van der Waals surface area contributed by atoms with Crippen LogP contribution in [-0.2, 0) is 9.59 Å². The lowest BCUT2D eigenvalue weighted by molar-refractivity contribution is -0.123. The molecule has 88 valence electrons. The summed E-state index contributed by atoms with van der Waals surface area (Å²) in [7, 11) is 0. The van der Waals surface area contributed by atoms with E-state index in [0.29, 0.717) is 11.8 Å². The summed E-state index contributed by atoms with van der Waals surface area (Å²) < 4.78 is 0. The second-order valence-electron chi connectivity index (χ2n) is 6.83. The van der Waals surface area contributed by atoms with Gasteiger partial charge in [0.1, 0.15) is 11.6 Å². The van der Waals surface area contributed by atoms with Crippen LogP contribution < -0.4 is 0 Å². The lowest BCUT2D eigenvalue weighted by Gasteiger charge is -2.37. The van der Waals surface area contributed by atoms with E-state index in [1.54, 1.807) is 0 Å². The van der Waals surface area contributed by atoms with Gasteiger partial charge in [-0.2, -0.15) is 0 Å². The first-order valence-corrected chi connectivity index (χ1v) is 6.99. The van der Waals surface area contributed by atoms with Crippen molar-refractivity contribution in [3.63, 3.8) is 0 Å². The number of hydrogen-bond acceptors (Lipinski definition) is 2. The Kier molecular flexibility index (Phi) is 1.37. The second kappa shape index (κ2) is 2.57. The molecule has 8 unspecified atom stereocenters. The fourth-order valence-electron chi connectivity index (χ4n) is 6.32. The number of fused-ring (bicyclic) bond motifs is 12. The maximum Gasteiger partial charge on any atom is 0.144 e. The largest absolute Gasteiger partial charge is 0.299 e. The average molecular weight is 228 g/mol. The van der Waals surface area contributed by atoms with Crippen LogP contribution in [0.4, 0.5) is 0 Å². The van der Waals surface area contributed by atoms with Crippen molar-refractivity contribution in [1.29, 1.82) is 0 Å². The molecule has 0 spiro atoms. The normalized spacial score (nSPS) is 61.4. The molecule has 2 nitrogen and oxygen atoms in total. The van der Waals surface area contributed by atoms with Gasteiger partial charge in [-0.3, -0.25) is 9.59 Å². The Labute approximate surface area is 100 Å². The fourth-order valence-corrected chi connectivity index (χ4v) is 6.32. The zero-order chi connectivity index (χ0) is 11.3. The van der Waals surface area contributed by atoms with Crippen molar-refractivity contribution in [1.82, 2.24) is 0 Å². The van der Waals surface area contributed by atoms with Crippen LogP contribution in [-0.4, -0.2) is 11.6 Å². The number of carbonyl (C=O) groups is 2. The Morgan fingerprint density at radius 2 is 1.35 bits per heavy atom. The maximum absolute atomic E-state index is 12.0. The predicted molar refractivity (Wildman–Crippen MR) is 60.9 cm³/mol. The topological polar surface area (TPSA) is 34.1 Å². The first-order chi connectivity index (χ1) is 8.25. The van der Waals surface area contributed by atoms with Gasteiger partial charge in [0.2, 0.25) is 0 Å². The van der Waals surface area contributed by atoms with Gasteiger partial charge in [-0.15, -0.1) is 0 Å². The lowest BCUT2D eigenvalue weighted by Crippen LogP contribution is -2.38. The smallest absolute Gasteiger partial charge is 0.144 e. The maximum atomic E-state index is 12.0. The SMILES string of the molecule is O=C1CC(=O)C2C3CC(C12)C1C2C=CC(C2)C31. The highest BCUT2D eigenvalue weighted by atomic mass is 16.2. The van der Waals surface area contributed by atoms with Crippen molar-refractivity contribution < 1.29 is 9.59 Å². The molecular weight excluding hydrogens is 212 g/mol. The first-order valence-electron chi connectivity index (χ1n) is 6.99. The molecule has 4 saturated carbocycles. The van der Waals surface area contributed by atoms with Crippen LogP contribution in [0.15, 0.2) is 12.2 Å². The van der Waals surface area contributed by atoms with Gasteiger partial charge in [0.05, 0.1) is 6.42 Å². The van der Waals surface area contributed by atoms with E-state index in [-0.39, 0.29) is 29.8 Å². The van der Waals surface area contributed by atoms with Crippen LogP contribution in [0.3, 0.4) is 0 Å². The third-order valence-corrected chi connectivity index (χ3v) is 6.52. The fraction of sp³-hybridized carbons (Fsp3) is 0.733. The summed E-state index contributed by atoms with van der Waals surface area (Å²) in [5.74, 6) is 4.95. The highest BCUT2D eigenvalue weighted by Gasteiger charge is 2.68. The monoisotopic (exact) mass is 228 g/mol. The van der Waals surface area contributed by atoms with Crippen LogP contribution >= 0.6 is 0 Å². The molecule has 0 heterocycles. The van der Waals surface area contributed by atoms with Gasteiger partial charge >= 0.3 is 0 Å². The van der Waals surface area contributed by atoms with E-state index in [9.17, 15) is 9.59 Å². The van der Waals surface area contributed by atoms with Crippen LogP contribution in [0, 0.1) is 47.3 Å². The molecular formula is C15H16O2. The molecule has 5 aliphatic rings. The Morgan fingerprint density at radius 3 is 1.88 bits per heavy atom. The molecule has 5 aliphatic carbocycles.